The zero-order chi connectivity index (χ0) is 22.7. The predicted octanol–water partition coefficient (Wildman–Crippen LogP) is 3.03. The van der Waals surface area contributed by atoms with Crippen LogP contribution in [0.25, 0.3) is 0 Å². The van der Waals surface area contributed by atoms with Gasteiger partial charge in [0.1, 0.15) is 17.3 Å². The molecule has 1 heterocycles. The number of rotatable bonds is 4. The van der Waals surface area contributed by atoms with Crippen molar-refractivity contribution in [3.63, 3.8) is 0 Å². The van der Waals surface area contributed by atoms with Gasteiger partial charge in [-0.3, -0.25) is 4.90 Å². The maximum atomic E-state index is 14.9. The molecule has 1 aliphatic rings. The molecule has 0 bridgehead atoms. The summed E-state index contributed by atoms with van der Waals surface area (Å²) in [5, 5.41) is 9.93. The molecular weight excluding hydrogens is 401 g/mol. The van der Waals surface area contributed by atoms with E-state index in [1.165, 1.54) is 12.1 Å². The van der Waals surface area contributed by atoms with E-state index in [2.05, 4.69) is 0 Å². The minimum absolute atomic E-state index is 0.0285. The summed E-state index contributed by atoms with van der Waals surface area (Å²) in [6.45, 7) is 1.70. The molecule has 0 aliphatic carbocycles. The molecule has 2 aromatic carbocycles. The molecule has 0 fully saturated rings. The molecule has 0 saturated heterocycles. The molecule has 0 aromatic heterocycles. The number of hydrogen-bond acceptors (Lipinski definition) is 7. The summed E-state index contributed by atoms with van der Waals surface area (Å²) >= 11 is 0. The van der Waals surface area contributed by atoms with E-state index in [1.54, 1.807) is 43.3 Å². The summed E-state index contributed by atoms with van der Waals surface area (Å²) in [6.07, 6.45) is 0. The smallest absolute Gasteiger partial charge is 0.355 e. The van der Waals surface area contributed by atoms with Crippen LogP contribution in [0.1, 0.15) is 17.0 Å². The van der Waals surface area contributed by atoms with Gasteiger partial charge in [0.25, 0.3) is 0 Å². The molecule has 0 amide bonds. The summed E-state index contributed by atoms with van der Waals surface area (Å²) < 4.78 is 24.7. The number of nitrogens with two attached hydrogens (primary N) is 1. The highest BCUT2D eigenvalue weighted by Gasteiger charge is 2.43. The Bertz CT molecular complexity index is 1150. The molecule has 7 nitrogen and oxygen atoms in total. The first-order valence-corrected chi connectivity index (χ1v) is 9.27. The first-order valence-electron chi connectivity index (χ1n) is 9.27. The fraction of sp³-hybridized carbons (Fsp3) is 0.174. The quantitative estimate of drug-likeness (QED) is 0.757. The van der Waals surface area contributed by atoms with Gasteiger partial charge < -0.3 is 15.2 Å². The molecule has 158 valence electrons. The summed E-state index contributed by atoms with van der Waals surface area (Å²) in [7, 11) is 2.28. The topological polar surface area (TPSA) is 106 Å². The van der Waals surface area contributed by atoms with Crippen molar-refractivity contribution in [1.82, 2.24) is 0 Å². The Morgan fingerprint density at radius 2 is 1.74 bits per heavy atom. The highest BCUT2D eigenvalue weighted by molar-refractivity contribution is 6.06. The van der Waals surface area contributed by atoms with Crippen molar-refractivity contribution in [3.8, 4) is 6.07 Å². The number of carbonyl (C=O) groups excluding carboxylic acids is 2. The second-order valence-electron chi connectivity index (χ2n) is 6.79. The Morgan fingerprint density at radius 1 is 1.10 bits per heavy atom. The van der Waals surface area contributed by atoms with Crippen LogP contribution in [0.15, 0.2) is 71.2 Å². The van der Waals surface area contributed by atoms with Gasteiger partial charge in [0.2, 0.25) is 0 Å². The second-order valence-corrected chi connectivity index (χ2v) is 6.79. The molecule has 1 atom stereocenters. The van der Waals surface area contributed by atoms with Crippen LogP contribution in [0.5, 0.6) is 0 Å². The van der Waals surface area contributed by atoms with Gasteiger partial charge in [0, 0.05) is 0 Å². The number of anilines is 1. The standard InChI is InChI=1S/C23H20FN3O4/c1-13-9-10-17(16(24)11-13)27-20(23(29)31-3)19(22(28)30-2)18(15(12-25)21(27)26)14-7-5-4-6-8-14/h4-11,18H,26H2,1-3H3. The van der Waals surface area contributed by atoms with Crippen molar-refractivity contribution in [2.45, 2.75) is 12.8 Å². The molecule has 0 saturated carbocycles. The lowest BCUT2D eigenvalue weighted by molar-refractivity contribution is -0.139. The van der Waals surface area contributed by atoms with Crippen LogP contribution in [-0.2, 0) is 19.1 Å². The fourth-order valence-corrected chi connectivity index (χ4v) is 3.56. The summed E-state index contributed by atoms with van der Waals surface area (Å²) in [5.41, 5.74) is 6.86. The number of ether oxygens (including phenoxy) is 2. The van der Waals surface area contributed by atoms with Crippen LogP contribution in [-0.4, -0.2) is 26.2 Å². The Hall–Kier alpha value is -4.12. The number of aryl methyl sites for hydroxylation is 1. The second kappa shape index (κ2) is 8.71. The number of carbonyl (C=O) groups is 2. The van der Waals surface area contributed by atoms with Crippen LogP contribution in [0.4, 0.5) is 10.1 Å². The van der Waals surface area contributed by atoms with Crippen molar-refractivity contribution in [1.29, 1.82) is 5.26 Å². The van der Waals surface area contributed by atoms with E-state index >= 15 is 0 Å². The Balaban J connectivity index is 2.43. The molecule has 2 aromatic rings. The Labute approximate surface area is 178 Å². The third-order valence-electron chi connectivity index (χ3n) is 4.95. The number of benzene rings is 2. The van der Waals surface area contributed by atoms with Crippen molar-refractivity contribution >= 4 is 17.6 Å². The van der Waals surface area contributed by atoms with Crippen LogP contribution in [0, 0.1) is 24.1 Å². The SMILES string of the molecule is COC(=O)C1=C(C(=O)OC)N(c2ccc(C)cc2F)C(N)=C(C#N)C1c1ccccc1. The number of nitriles is 1. The lowest BCUT2D eigenvalue weighted by atomic mass is 9.81. The lowest BCUT2D eigenvalue weighted by Crippen LogP contribution is -2.41. The zero-order valence-corrected chi connectivity index (χ0v) is 17.2. The zero-order valence-electron chi connectivity index (χ0n) is 17.2. The molecular formula is C23H20FN3O4. The molecule has 3 rings (SSSR count). The molecule has 1 unspecified atom stereocenters. The van der Waals surface area contributed by atoms with Crippen molar-refractivity contribution in [3.05, 3.63) is 88.1 Å². The monoisotopic (exact) mass is 421 g/mol. The van der Waals surface area contributed by atoms with Gasteiger partial charge in [-0.2, -0.15) is 5.26 Å². The molecule has 0 spiro atoms. The van der Waals surface area contributed by atoms with E-state index in [1.807, 2.05) is 6.07 Å². The average Bonchev–Trinajstić information content (AvgIpc) is 2.78. The van der Waals surface area contributed by atoms with E-state index in [-0.39, 0.29) is 28.4 Å². The summed E-state index contributed by atoms with van der Waals surface area (Å²) in [4.78, 5) is 26.8. The normalized spacial score (nSPS) is 16.1. The van der Waals surface area contributed by atoms with Gasteiger partial charge in [-0.25, -0.2) is 14.0 Å². The molecule has 0 radical (unpaired) electrons. The van der Waals surface area contributed by atoms with Gasteiger partial charge in [-0.1, -0.05) is 36.4 Å². The van der Waals surface area contributed by atoms with Gasteiger partial charge in [0.15, 0.2) is 0 Å². The predicted molar refractivity (Wildman–Crippen MR) is 111 cm³/mol. The number of nitrogens with zero attached hydrogens (tertiary/aromatic N) is 2. The highest BCUT2D eigenvalue weighted by atomic mass is 19.1. The van der Waals surface area contributed by atoms with Gasteiger partial charge in [0.05, 0.1) is 43.0 Å². The maximum Gasteiger partial charge on any atom is 0.355 e. The number of allylic oxidation sites excluding steroid dienone is 1. The van der Waals surface area contributed by atoms with Gasteiger partial charge in [-0.05, 0) is 30.2 Å². The Morgan fingerprint density at radius 3 is 2.29 bits per heavy atom. The van der Waals surface area contributed by atoms with Crippen molar-refractivity contribution < 1.29 is 23.5 Å². The fourth-order valence-electron chi connectivity index (χ4n) is 3.56. The third kappa shape index (κ3) is 3.73. The van der Waals surface area contributed by atoms with E-state index in [0.717, 1.165) is 19.1 Å². The van der Waals surface area contributed by atoms with Crippen molar-refractivity contribution in [2.75, 3.05) is 19.1 Å². The molecule has 2 N–H and O–H groups in total. The number of halogens is 1. The largest absolute Gasteiger partial charge is 0.466 e. The van der Waals surface area contributed by atoms with E-state index < -0.39 is 23.7 Å². The maximum absolute atomic E-state index is 14.9. The van der Waals surface area contributed by atoms with Gasteiger partial charge in [-0.15, -0.1) is 0 Å². The minimum Gasteiger partial charge on any atom is -0.466 e. The number of hydrogen-bond donors (Lipinski definition) is 1. The van der Waals surface area contributed by atoms with Crippen molar-refractivity contribution in [2.24, 2.45) is 5.73 Å². The molecule has 8 heteroatoms. The molecule has 1 aliphatic heterocycles. The van der Waals surface area contributed by atoms with Crippen LogP contribution < -0.4 is 10.6 Å². The molecule has 31 heavy (non-hydrogen) atoms. The van der Waals surface area contributed by atoms with Crippen LogP contribution >= 0.6 is 0 Å². The minimum atomic E-state index is -1.00. The number of methoxy groups -OCH3 is 2. The third-order valence-corrected chi connectivity index (χ3v) is 4.95. The summed E-state index contributed by atoms with van der Waals surface area (Å²) in [6, 6.07) is 14.9. The first-order chi connectivity index (χ1) is 14.8. The highest BCUT2D eigenvalue weighted by Crippen LogP contribution is 2.43. The van der Waals surface area contributed by atoms with Crippen LogP contribution in [0.2, 0.25) is 0 Å². The van der Waals surface area contributed by atoms with E-state index in [4.69, 9.17) is 15.2 Å². The number of esters is 2. The average molecular weight is 421 g/mol. The van der Waals surface area contributed by atoms with Gasteiger partial charge >= 0.3 is 11.9 Å². The summed E-state index contributed by atoms with van der Waals surface area (Å²) in [5.74, 6) is -3.68. The lowest BCUT2D eigenvalue weighted by Gasteiger charge is -2.36. The Kier molecular flexibility index (Phi) is 6.07. The van der Waals surface area contributed by atoms with E-state index in [0.29, 0.717) is 11.1 Å². The van der Waals surface area contributed by atoms with Crippen LogP contribution in [0.3, 0.4) is 0 Å². The van der Waals surface area contributed by atoms with E-state index in [9.17, 15) is 19.2 Å². The first kappa shape index (κ1) is 21.6.